The number of hydrogen-bond acceptors (Lipinski definition) is 5. The Balaban J connectivity index is 1.82. The van der Waals surface area contributed by atoms with Gasteiger partial charge < -0.3 is 14.5 Å². The van der Waals surface area contributed by atoms with E-state index in [0.29, 0.717) is 6.54 Å². The van der Waals surface area contributed by atoms with Crippen molar-refractivity contribution < 1.29 is 9.53 Å². The molecule has 0 unspecified atom stereocenters. The van der Waals surface area contributed by atoms with E-state index in [1.165, 1.54) is 0 Å². The average molecular weight is 331 g/mol. The zero-order valence-electron chi connectivity index (χ0n) is 14.4. The molecule has 0 saturated carbocycles. The second-order valence-corrected chi connectivity index (χ2v) is 6.11. The molecule has 1 fully saturated rings. The van der Waals surface area contributed by atoms with Gasteiger partial charge in [-0.05, 0) is 12.8 Å². The van der Waals surface area contributed by atoms with E-state index in [-0.39, 0.29) is 12.5 Å². The van der Waals surface area contributed by atoms with E-state index >= 15 is 0 Å². The van der Waals surface area contributed by atoms with E-state index in [0.717, 1.165) is 56.1 Å². The lowest BCUT2D eigenvalue weighted by atomic mass is 10.2. The number of nitrogens with zero attached hydrogens (tertiary/aromatic N) is 5. The van der Waals surface area contributed by atoms with Gasteiger partial charge in [0, 0.05) is 51.1 Å². The summed E-state index contributed by atoms with van der Waals surface area (Å²) < 4.78 is 6.87. The van der Waals surface area contributed by atoms with Crippen LogP contribution in [0.3, 0.4) is 0 Å². The van der Waals surface area contributed by atoms with E-state index in [1.54, 1.807) is 13.3 Å². The van der Waals surface area contributed by atoms with Gasteiger partial charge in [-0.25, -0.2) is 4.98 Å². The van der Waals surface area contributed by atoms with Crippen LogP contribution in [0, 0.1) is 0 Å². The van der Waals surface area contributed by atoms with Gasteiger partial charge in [-0.3, -0.25) is 4.79 Å². The summed E-state index contributed by atoms with van der Waals surface area (Å²) in [4.78, 5) is 20.9. The minimum Gasteiger partial charge on any atom is -0.375 e. The standard InChI is InChI=1S/C17H25N5O2/c1-3-5-14-12-16(22-15(19-14)6-7-18-22)20-8-4-9-21(11-10-20)17(23)13-24-2/h6-7,12H,3-5,8-11,13H2,1-2H3. The quantitative estimate of drug-likeness (QED) is 0.828. The van der Waals surface area contributed by atoms with Gasteiger partial charge in [0.2, 0.25) is 5.91 Å². The van der Waals surface area contributed by atoms with Gasteiger partial charge in [0.25, 0.3) is 0 Å². The highest BCUT2D eigenvalue weighted by Gasteiger charge is 2.21. The van der Waals surface area contributed by atoms with Crippen molar-refractivity contribution in [2.45, 2.75) is 26.2 Å². The van der Waals surface area contributed by atoms with Crippen LogP contribution in [-0.2, 0) is 16.0 Å². The van der Waals surface area contributed by atoms with Crippen LogP contribution in [0.5, 0.6) is 0 Å². The SMILES string of the molecule is CCCc1cc(N2CCCN(C(=O)COC)CC2)n2nccc2n1. The molecule has 2 aromatic heterocycles. The number of fused-ring (bicyclic) bond motifs is 1. The summed E-state index contributed by atoms with van der Waals surface area (Å²) in [5.74, 6) is 1.12. The molecule has 7 heteroatoms. The highest BCUT2D eigenvalue weighted by atomic mass is 16.5. The van der Waals surface area contributed by atoms with Gasteiger partial charge in [0.05, 0.1) is 6.20 Å². The lowest BCUT2D eigenvalue weighted by molar-refractivity contribution is -0.134. The third-order valence-corrected chi connectivity index (χ3v) is 4.34. The first-order valence-corrected chi connectivity index (χ1v) is 8.58. The number of aromatic nitrogens is 3. The van der Waals surface area contributed by atoms with Crippen molar-refractivity contribution in [2.24, 2.45) is 0 Å². The third kappa shape index (κ3) is 3.51. The third-order valence-electron chi connectivity index (χ3n) is 4.34. The van der Waals surface area contributed by atoms with Gasteiger partial charge >= 0.3 is 0 Å². The highest BCUT2D eigenvalue weighted by molar-refractivity contribution is 5.77. The Morgan fingerprint density at radius 1 is 1.29 bits per heavy atom. The molecule has 1 saturated heterocycles. The lowest BCUT2D eigenvalue weighted by Gasteiger charge is -2.24. The molecular weight excluding hydrogens is 306 g/mol. The summed E-state index contributed by atoms with van der Waals surface area (Å²) in [6.45, 7) is 5.48. The van der Waals surface area contributed by atoms with Crippen molar-refractivity contribution in [3.8, 4) is 0 Å². The van der Waals surface area contributed by atoms with Crippen molar-refractivity contribution in [3.63, 3.8) is 0 Å². The summed E-state index contributed by atoms with van der Waals surface area (Å²) in [5, 5.41) is 4.42. The molecule has 1 aliphatic heterocycles. The zero-order valence-corrected chi connectivity index (χ0v) is 14.4. The van der Waals surface area contributed by atoms with Crippen LogP contribution in [0.1, 0.15) is 25.5 Å². The lowest BCUT2D eigenvalue weighted by Crippen LogP contribution is -2.37. The number of hydrogen-bond donors (Lipinski definition) is 0. The Bertz CT molecular complexity index is 699. The number of ether oxygens (including phenoxy) is 1. The smallest absolute Gasteiger partial charge is 0.248 e. The summed E-state index contributed by atoms with van der Waals surface area (Å²) in [6.07, 6.45) is 4.74. The minimum atomic E-state index is 0.0602. The van der Waals surface area contributed by atoms with E-state index < -0.39 is 0 Å². The zero-order chi connectivity index (χ0) is 16.9. The van der Waals surface area contributed by atoms with Crippen molar-refractivity contribution in [2.75, 3.05) is 44.8 Å². The molecule has 3 rings (SSSR count). The second kappa shape index (κ2) is 7.61. The topological polar surface area (TPSA) is 63.0 Å². The number of carbonyl (C=O) groups excluding carboxylic acids is 1. The fourth-order valence-corrected chi connectivity index (χ4v) is 3.17. The molecule has 0 aromatic carbocycles. The Kier molecular flexibility index (Phi) is 5.30. The van der Waals surface area contributed by atoms with E-state index in [4.69, 9.17) is 4.74 Å². The number of methoxy groups -OCH3 is 1. The summed E-state index contributed by atoms with van der Waals surface area (Å²) in [5.41, 5.74) is 1.98. The number of carbonyl (C=O) groups is 1. The van der Waals surface area contributed by atoms with Gasteiger partial charge in [0.1, 0.15) is 12.4 Å². The summed E-state index contributed by atoms with van der Waals surface area (Å²) >= 11 is 0. The summed E-state index contributed by atoms with van der Waals surface area (Å²) in [6, 6.07) is 4.07. The maximum atomic E-state index is 12.1. The van der Waals surface area contributed by atoms with Crippen molar-refractivity contribution in [3.05, 3.63) is 24.0 Å². The number of anilines is 1. The second-order valence-electron chi connectivity index (χ2n) is 6.11. The van der Waals surface area contributed by atoms with Gasteiger partial charge in [-0.1, -0.05) is 13.3 Å². The first kappa shape index (κ1) is 16.7. The van der Waals surface area contributed by atoms with Crippen molar-refractivity contribution in [1.29, 1.82) is 0 Å². The van der Waals surface area contributed by atoms with Crippen LogP contribution in [0.25, 0.3) is 5.65 Å². The van der Waals surface area contributed by atoms with Crippen molar-refractivity contribution in [1.82, 2.24) is 19.5 Å². The number of rotatable bonds is 5. The van der Waals surface area contributed by atoms with E-state index in [1.807, 2.05) is 15.5 Å². The van der Waals surface area contributed by atoms with Crippen LogP contribution in [0.15, 0.2) is 18.3 Å². The molecule has 0 N–H and O–H groups in total. The monoisotopic (exact) mass is 331 g/mol. The highest BCUT2D eigenvalue weighted by Crippen LogP contribution is 2.20. The largest absolute Gasteiger partial charge is 0.375 e. The van der Waals surface area contributed by atoms with Crippen LogP contribution < -0.4 is 4.90 Å². The Hall–Kier alpha value is -2.15. The molecule has 2 aromatic rings. The van der Waals surface area contributed by atoms with Gasteiger partial charge in [-0.2, -0.15) is 9.61 Å². The maximum absolute atomic E-state index is 12.1. The number of aryl methyl sites for hydroxylation is 1. The first-order chi connectivity index (χ1) is 11.7. The van der Waals surface area contributed by atoms with Gasteiger partial charge in [0.15, 0.2) is 5.65 Å². The molecule has 130 valence electrons. The molecule has 7 nitrogen and oxygen atoms in total. The Morgan fingerprint density at radius 2 is 2.17 bits per heavy atom. The fourth-order valence-electron chi connectivity index (χ4n) is 3.17. The predicted molar refractivity (Wildman–Crippen MR) is 92.3 cm³/mol. The predicted octanol–water partition coefficient (Wildman–Crippen LogP) is 1.37. The van der Waals surface area contributed by atoms with Gasteiger partial charge in [-0.15, -0.1) is 0 Å². The van der Waals surface area contributed by atoms with Crippen LogP contribution in [0.4, 0.5) is 5.82 Å². The minimum absolute atomic E-state index is 0.0602. The molecule has 0 bridgehead atoms. The molecule has 1 amide bonds. The van der Waals surface area contributed by atoms with Crippen molar-refractivity contribution >= 4 is 17.4 Å². The van der Waals surface area contributed by atoms with Crippen LogP contribution in [-0.4, -0.2) is 65.3 Å². The normalized spacial score (nSPS) is 15.8. The fraction of sp³-hybridized carbons (Fsp3) is 0.588. The van der Waals surface area contributed by atoms with E-state index in [2.05, 4.69) is 28.0 Å². The Morgan fingerprint density at radius 3 is 2.96 bits per heavy atom. The Labute approximate surface area is 142 Å². The first-order valence-electron chi connectivity index (χ1n) is 8.58. The maximum Gasteiger partial charge on any atom is 0.248 e. The molecule has 24 heavy (non-hydrogen) atoms. The molecule has 3 heterocycles. The van der Waals surface area contributed by atoms with E-state index in [9.17, 15) is 4.79 Å². The molecule has 0 spiro atoms. The molecule has 0 aliphatic carbocycles. The van der Waals surface area contributed by atoms with Crippen LogP contribution >= 0.6 is 0 Å². The summed E-state index contributed by atoms with van der Waals surface area (Å²) in [7, 11) is 1.56. The number of amides is 1. The molecule has 1 aliphatic rings. The molecular formula is C17H25N5O2. The molecule has 0 radical (unpaired) electrons. The molecule has 0 atom stereocenters. The average Bonchev–Trinajstić information content (AvgIpc) is 2.90. The van der Waals surface area contributed by atoms with Crippen LogP contribution in [0.2, 0.25) is 0 Å².